The third kappa shape index (κ3) is 4.00. The largest absolute Gasteiger partial charge is 0.417 e. The Labute approximate surface area is 167 Å². The average Bonchev–Trinajstić information content (AvgIpc) is 3.03. The number of carbonyl (C=O) groups excluding carboxylic acids is 1. The lowest BCUT2D eigenvalue weighted by atomic mass is 9.95. The van der Waals surface area contributed by atoms with E-state index in [1.54, 1.807) is 17.9 Å². The highest BCUT2D eigenvalue weighted by atomic mass is 19.4. The van der Waals surface area contributed by atoms with Crippen LogP contribution in [0.2, 0.25) is 0 Å². The molecule has 1 aliphatic heterocycles. The van der Waals surface area contributed by atoms with Crippen LogP contribution in [-0.2, 0) is 11.0 Å². The number of aromatic nitrogens is 1. The van der Waals surface area contributed by atoms with Gasteiger partial charge in [-0.3, -0.25) is 4.79 Å². The van der Waals surface area contributed by atoms with Crippen molar-refractivity contribution < 1.29 is 18.0 Å². The Morgan fingerprint density at radius 1 is 1.41 bits per heavy atom. The standard InChI is InChI=1S/C21H23F3N4O/c1-13-6-4-7-15(10-13)27-19(29)20(3)8-5-9-28(20)18-16(12-25)17(21(22,23)24)11-14(2)26-18/h4,6,10-11,15H,5,7-9H2,1-3H3,(H,27,29)/t15?,20-/m0/s1. The first-order chi connectivity index (χ1) is 13.6. The first kappa shape index (κ1) is 20.9. The fourth-order valence-electron chi connectivity index (χ4n) is 3.99. The second-order valence-electron chi connectivity index (χ2n) is 7.78. The van der Waals surface area contributed by atoms with Crippen molar-refractivity contribution in [2.45, 2.75) is 57.8 Å². The second-order valence-corrected chi connectivity index (χ2v) is 7.78. The summed E-state index contributed by atoms with van der Waals surface area (Å²) in [5.41, 5.74) is -1.46. The number of alkyl halides is 3. The Kier molecular flexibility index (Phi) is 5.44. The van der Waals surface area contributed by atoms with Crippen LogP contribution in [0.25, 0.3) is 0 Å². The molecule has 1 saturated heterocycles. The van der Waals surface area contributed by atoms with Gasteiger partial charge in [-0.25, -0.2) is 4.98 Å². The summed E-state index contributed by atoms with van der Waals surface area (Å²) in [5, 5.41) is 12.5. The van der Waals surface area contributed by atoms with Crippen molar-refractivity contribution in [3.05, 3.63) is 46.7 Å². The van der Waals surface area contributed by atoms with Crippen LogP contribution in [-0.4, -0.2) is 29.0 Å². The van der Waals surface area contributed by atoms with E-state index in [2.05, 4.69) is 10.3 Å². The highest BCUT2D eigenvalue weighted by Crippen LogP contribution is 2.40. The summed E-state index contributed by atoms with van der Waals surface area (Å²) < 4.78 is 40.5. The molecule has 0 saturated carbocycles. The van der Waals surface area contributed by atoms with Crippen LogP contribution >= 0.6 is 0 Å². The van der Waals surface area contributed by atoms with Crippen LogP contribution in [0.4, 0.5) is 19.0 Å². The summed E-state index contributed by atoms with van der Waals surface area (Å²) in [5.74, 6) is -0.356. The quantitative estimate of drug-likeness (QED) is 0.826. The molecule has 0 radical (unpaired) electrons. The lowest BCUT2D eigenvalue weighted by molar-refractivity contribution is -0.137. The normalized spacial score (nSPS) is 24.2. The lowest BCUT2D eigenvalue weighted by Gasteiger charge is -2.36. The van der Waals surface area contributed by atoms with Gasteiger partial charge in [0.15, 0.2) is 0 Å². The molecule has 1 fully saturated rings. The Balaban J connectivity index is 1.98. The molecule has 2 atom stereocenters. The van der Waals surface area contributed by atoms with Gasteiger partial charge in [-0.05, 0) is 46.1 Å². The number of pyridine rings is 1. The molecule has 8 heteroatoms. The van der Waals surface area contributed by atoms with Crippen LogP contribution < -0.4 is 10.2 Å². The van der Waals surface area contributed by atoms with Crippen LogP contribution in [0, 0.1) is 18.3 Å². The molecular formula is C21H23F3N4O. The number of aryl methyl sites for hydroxylation is 1. The molecule has 1 amide bonds. The Morgan fingerprint density at radius 3 is 2.76 bits per heavy atom. The fourth-order valence-corrected chi connectivity index (χ4v) is 3.99. The minimum Gasteiger partial charge on any atom is -0.348 e. The van der Waals surface area contributed by atoms with Crippen molar-refractivity contribution >= 4 is 11.7 Å². The fraction of sp³-hybridized carbons (Fsp3) is 0.476. The van der Waals surface area contributed by atoms with Gasteiger partial charge in [0.1, 0.15) is 23.0 Å². The molecule has 5 nitrogen and oxygen atoms in total. The summed E-state index contributed by atoms with van der Waals surface area (Å²) in [4.78, 5) is 18.9. The predicted octanol–water partition coefficient (Wildman–Crippen LogP) is 4.03. The van der Waals surface area contributed by atoms with E-state index in [0.29, 0.717) is 25.8 Å². The van der Waals surface area contributed by atoms with Crippen LogP contribution in [0.5, 0.6) is 0 Å². The zero-order chi connectivity index (χ0) is 21.4. The van der Waals surface area contributed by atoms with E-state index >= 15 is 0 Å². The summed E-state index contributed by atoms with van der Waals surface area (Å²) in [6, 6.07) is 2.37. The minimum atomic E-state index is -4.68. The van der Waals surface area contributed by atoms with Gasteiger partial charge in [0, 0.05) is 12.2 Å². The van der Waals surface area contributed by atoms with Gasteiger partial charge >= 0.3 is 6.18 Å². The maximum Gasteiger partial charge on any atom is 0.417 e. The van der Waals surface area contributed by atoms with Crippen molar-refractivity contribution in [1.82, 2.24) is 10.3 Å². The Bertz CT molecular complexity index is 929. The van der Waals surface area contributed by atoms with Crippen LogP contribution in [0.3, 0.4) is 0 Å². The number of nitrogens with one attached hydrogen (secondary N) is 1. The molecule has 1 N–H and O–H groups in total. The third-order valence-electron chi connectivity index (χ3n) is 5.48. The molecule has 0 aromatic carbocycles. The number of hydrogen-bond acceptors (Lipinski definition) is 4. The van der Waals surface area contributed by atoms with Crippen molar-refractivity contribution in [2.75, 3.05) is 11.4 Å². The SMILES string of the molecule is CC1=CC(NC(=O)[C@]2(C)CCCN2c2nc(C)cc(C(F)(F)F)c2C#N)CC=C1. The zero-order valence-corrected chi connectivity index (χ0v) is 16.6. The van der Waals surface area contributed by atoms with Crippen molar-refractivity contribution in [2.24, 2.45) is 0 Å². The number of nitrogens with zero attached hydrogens (tertiary/aromatic N) is 3. The number of allylic oxidation sites excluding steroid dienone is 2. The molecule has 2 heterocycles. The topological polar surface area (TPSA) is 69.0 Å². The molecule has 1 aliphatic carbocycles. The summed E-state index contributed by atoms with van der Waals surface area (Å²) in [6.07, 6.45) is 2.96. The van der Waals surface area contributed by atoms with Gasteiger partial charge in [0.25, 0.3) is 0 Å². The van der Waals surface area contributed by atoms with Crippen LogP contribution in [0.15, 0.2) is 29.9 Å². The maximum absolute atomic E-state index is 13.5. The summed E-state index contributed by atoms with van der Waals surface area (Å²) in [6.45, 7) is 5.44. The van der Waals surface area contributed by atoms with E-state index in [-0.39, 0.29) is 23.5 Å². The van der Waals surface area contributed by atoms with E-state index in [1.807, 2.05) is 25.2 Å². The molecule has 3 rings (SSSR count). The Morgan fingerprint density at radius 2 is 2.14 bits per heavy atom. The van der Waals surface area contributed by atoms with E-state index in [1.165, 1.54) is 6.92 Å². The Hall–Kier alpha value is -2.82. The average molecular weight is 404 g/mol. The number of amides is 1. The van der Waals surface area contributed by atoms with Gasteiger partial charge in [0.2, 0.25) is 5.91 Å². The predicted molar refractivity (Wildman–Crippen MR) is 103 cm³/mol. The number of anilines is 1. The minimum absolute atomic E-state index is 0.0785. The summed E-state index contributed by atoms with van der Waals surface area (Å²) >= 11 is 0. The van der Waals surface area contributed by atoms with Crippen molar-refractivity contribution in [3.8, 4) is 6.07 Å². The number of carbonyl (C=O) groups is 1. The molecule has 29 heavy (non-hydrogen) atoms. The molecule has 1 aromatic heterocycles. The first-order valence-corrected chi connectivity index (χ1v) is 9.49. The van der Waals surface area contributed by atoms with Gasteiger partial charge in [-0.15, -0.1) is 0 Å². The summed E-state index contributed by atoms with van der Waals surface area (Å²) in [7, 11) is 0. The molecular weight excluding hydrogens is 381 g/mol. The van der Waals surface area contributed by atoms with Gasteiger partial charge in [-0.1, -0.05) is 23.8 Å². The molecule has 2 aliphatic rings. The first-order valence-electron chi connectivity index (χ1n) is 9.49. The number of nitriles is 1. The monoisotopic (exact) mass is 404 g/mol. The van der Waals surface area contributed by atoms with E-state index in [4.69, 9.17) is 0 Å². The smallest absolute Gasteiger partial charge is 0.348 e. The molecule has 0 bridgehead atoms. The third-order valence-corrected chi connectivity index (χ3v) is 5.48. The second kappa shape index (κ2) is 7.54. The molecule has 0 spiro atoms. The van der Waals surface area contributed by atoms with E-state index in [0.717, 1.165) is 11.6 Å². The van der Waals surface area contributed by atoms with Crippen molar-refractivity contribution in [1.29, 1.82) is 5.26 Å². The highest BCUT2D eigenvalue weighted by Gasteiger charge is 2.46. The van der Waals surface area contributed by atoms with Crippen molar-refractivity contribution in [3.63, 3.8) is 0 Å². The van der Waals surface area contributed by atoms with E-state index in [9.17, 15) is 23.2 Å². The number of hydrogen-bond donors (Lipinski definition) is 1. The van der Waals surface area contributed by atoms with Gasteiger partial charge in [-0.2, -0.15) is 18.4 Å². The maximum atomic E-state index is 13.5. The molecule has 154 valence electrons. The number of rotatable bonds is 3. The van der Waals surface area contributed by atoms with Gasteiger partial charge < -0.3 is 10.2 Å². The lowest BCUT2D eigenvalue weighted by Crippen LogP contribution is -2.56. The zero-order valence-electron chi connectivity index (χ0n) is 16.6. The number of halogens is 3. The molecule has 1 aromatic rings. The van der Waals surface area contributed by atoms with Gasteiger partial charge in [0.05, 0.1) is 11.6 Å². The molecule has 1 unspecified atom stereocenters. The van der Waals surface area contributed by atoms with E-state index < -0.39 is 22.8 Å². The highest BCUT2D eigenvalue weighted by molar-refractivity contribution is 5.91. The van der Waals surface area contributed by atoms with Crippen LogP contribution in [0.1, 0.15) is 49.9 Å².